The quantitative estimate of drug-likeness (QED) is 0.689. The third-order valence-electron chi connectivity index (χ3n) is 1.05. The third-order valence-corrected chi connectivity index (χ3v) is 1.99. The highest BCUT2D eigenvalue weighted by atomic mass is 32.1. The molecule has 2 aromatic heterocycles. The van der Waals surface area contributed by atoms with E-state index < -0.39 is 0 Å². The summed E-state index contributed by atoms with van der Waals surface area (Å²) in [5.41, 5.74) is 0. The van der Waals surface area contributed by atoms with Crippen LogP contribution in [0.5, 0.6) is 0 Å². The lowest BCUT2D eigenvalue weighted by Crippen LogP contribution is -1.73. The van der Waals surface area contributed by atoms with Crippen LogP contribution < -0.4 is 0 Å². The summed E-state index contributed by atoms with van der Waals surface area (Å²) in [6.45, 7) is 0. The van der Waals surface area contributed by atoms with Crippen LogP contribution in [0.4, 0.5) is 0 Å². The van der Waals surface area contributed by atoms with Gasteiger partial charge in [-0.15, -0.1) is 16.4 Å². The number of nitrogens with one attached hydrogen (secondary N) is 1. The van der Waals surface area contributed by atoms with Crippen LogP contribution in [-0.4, -0.2) is 15.2 Å². The van der Waals surface area contributed by atoms with E-state index in [1.807, 2.05) is 5.38 Å². The Bertz CT molecular complexity index is 388. The van der Waals surface area contributed by atoms with Gasteiger partial charge in [0.05, 0.1) is 0 Å². The van der Waals surface area contributed by atoms with Gasteiger partial charge in [0.25, 0.3) is 10.7 Å². The molecule has 0 amide bonds. The first kappa shape index (κ1) is 6.68. The first-order chi connectivity index (χ1) is 5.36. The Balaban J connectivity index is 2.53. The molecule has 0 saturated heterocycles. The Morgan fingerprint density at radius 1 is 1.64 bits per heavy atom. The number of aromatic nitrogens is 3. The lowest BCUT2D eigenvalue weighted by atomic mass is 10.7. The summed E-state index contributed by atoms with van der Waals surface area (Å²) in [5.74, 6) is 0.449. The monoisotopic (exact) mass is 185 g/mol. The van der Waals surface area contributed by atoms with E-state index in [9.17, 15) is 0 Å². The Labute approximate surface area is 70.9 Å². The van der Waals surface area contributed by atoms with Crippen LogP contribution in [0.15, 0.2) is 16.0 Å². The molecule has 0 radical (unpaired) electrons. The number of H-pyrrole nitrogens is 1. The average molecular weight is 185 g/mol. The molecule has 1 N–H and O–H groups in total. The zero-order valence-electron chi connectivity index (χ0n) is 5.27. The van der Waals surface area contributed by atoms with Crippen molar-refractivity contribution in [3.05, 3.63) is 16.4 Å². The van der Waals surface area contributed by atoms with Crippen LogP contribution in [-0.2, 0) is 0 Å². The molecule has 0 aliphatic carbocycles. The smallest absolute Gasteiger partial charge is 0.284 e. The largest absolute Gasteiger partial charge is 0.407 e. The molecular weight excluding hydrogens is 182 g/mol. The standard InChI is InChI=1S/C5H3N3OS2/c10-5-8-7-3(9-5)4-6-1-2-11-4/h1-2H,(H,8,10). The van der Waals surface area contributed by atoms with Gasteiger partial charge < -0.3 is 4.42 Å². The predicted octanol–water partition coefficient (Wildman–Crippen LogP) is 1.86. The molecule has 2 heterocycles. The van der Waals surface area contributed by atoms with Crippen molar-refractivity contribution >= 4 is 23.6 Å². The van der Waals surface area contributed by atoms with Gasteiger partial charge in [0.1, 0.15) is 0 Å². The van der Waals surface area contributed by atoms with Crippen molar-refractivity contribution in [2.24, 2.45) is 0 Å². The normalized spacial score (nSPS) is 10.2. The summed E-state index contributed by atoms with van der Waals surface area (Å²) in [6.07, 6.45) is 1.69. The molecule has 0 atom stereocenters. The van der Waals surface area contributed by atoms with Gasteiger partial charge >= 0.3 is 0 Å². The fourth-order valence-corrected chi connectivity index (χ4v) is 1.34. The van der Waals surface area contributed by atoms with Crippen molar-refractivity contribution in [2.75, 3.05) is 0 Å². The molecule has 0 fully saturated rings. The molecule has 56 valence electrons. The molecule has 0 aromatic carbocycles. The number of hydrogen-bond donors (Lipinski definition) is 1. The minimum Gasteiger partial charge on any atom is -0.407 e. The zero-order valence-corrected chi connectivity index (χ0v) is 6.91. The lowest BCUT2D eigenvalue weighted by Gasteiger charge is -1.80. The second-order valence-electron chi connectivity index (χ2n) is 1.76. The van der Waals surface area contributed by atoms with Crippen molar-refractivity contribution in [1.82, 2.24) is 15.2 Å². The third kappa shape index (κ3) is 1.22. The molecule has 0 aliphatic heterocycles. The molecule has 0 saturated carbocycles. The van der Waals surface area contributed by atoms with E-state index in [4.69, 9.17) is 16.6 Å². The SMILES string of the molecule is S=c1[nH]nc(-c2nccs2)o1. The number of nitrogens with zero attached hydrogens (tertiary/aromatic N) is 2. The topological polar surface area (TPSA) is 54.7 Å². The van der Waals surface area contributed by atoms with Gasteiger partial charge in [-0.1, -0.05) is 0 Å². The first-order valence-corrected chi connectivity index (χ1v) is 4.10. The number of rotatable bonds is 1. The summed E-state index contributed by atoms with van der Waals surface area (Å²) < 4.78 is 5.02. The van der Waals surface area contributed by atoms with Gasteiger partial charge in [0.2, 0.25) is 0 Å². The number of thiazole rings is 1. The molecular formula is C5H3N3OS2. The van der Waals surface area contributed by atoms with Gasteiger partial charge in [0, 0.05) is 11.6 Å². The summed E-state index contributed by atoms with van der Waals surface area (Å²) in [7, 11) is 0. The molecule has 11 heavy (non-hydrogen) atoms. The number of hydrogen-bond acceptors (Lipinski definition) is 5. The summed E-state index contributed by atoms with van der Waals surface area (Å²) >= 11 is 6.15. The van der Waals surface area contributed by atoms with Crippen molar-refractivity contribution in [1.29, 1.82) is 0 Å². The van der Waals surface area contributed by atoms with E-state index in [1.54, 1.807) is 6.20 Å². The molecule has 4 nitrogen and oxygen atoms in total. The van der Waals surface area contributed by atoms with E-state index >= 15 is 0 Å². The van der Waals surface area contributed by atoms with Crippen LogP contribution in [0.3, 0.4) is 0 Å². The van der Waals surface area contributed by atoms with Crippen LogP contribution >= 0.6 is 23.6 Å². The second-order valence-corrected chi connectivity index (χ2v) is 3.02. The maximum atomic E-state index is 5.02. The Morgan fingerprint density at radius 3 is 3.09 bits per heavy atom. The van der Waals surface area contributed by atoms with E-state index in [-0.39, 0.29) is 4.84 Å². The van der Waals surface area contributed by atoms with E-state index in [0.29, 0.717) is 5.89 Å². The van der Waals surface area contributed by atoms with Crippen LogP contribution in [0, 0.1) is 4.84 Å². The van der Waals surface area contributed by atoms with Gasteiger partial charge in [-0.3, -0.25) is 0 Å². The Hall–Kier alpha value is -1.01. The molecule has 0 aliphatic rings. The second kappa shape index (κ2) is 2.55. The van der Waals surface area contributed by atoms with Crippen LogP contribution in [0.25, 0.3) is 10.9 Å². The maximum Gasteiger partial charge on any atom is 0.284 e. The zero-order chi connectivity index (χ0) is 7.68. The van der Waals surface area contributed by atoms with Crippen LogP contribution in [0.1, 0.15) is 0 Å². The van der Waals surface area contributed by atoms with E-state index in [0.717, 1.165) is 5.01 Å². The minimum atomic E-state index is 0.273. The predicted molar refractivity (Wildman–Crippen MR) is 42.8 cm³/mol. The van der Waals surface area contributed by atoms with Crippen molar-refractivity contribution in [3.63, 3.8) is 0 Å². The highest BCUT2D eigenvalue weighted by molar-refractivity contribution is 7.71. The average Bonchev–Trinajstić information content (AvgIpc) is 2.55. The summed E-state index contributed by atoms with van der Waals surface area (Å²) in [6, 6.07) is 0. The first-order valence-electron chi connectivity index (χ1n) is 2.81. The minimum absolute atomic E-state index is 0.273. The van der Waals surface area contributed by atoms with Crippen molar-refractivity contribution < 1.29 is 4.42 Å². The van der Waals surface area contributed by atoms with E-state index in [1.165, 1.54) is 11.3 Å². The molecule has 2 rings (SSSR count). The van der Waals surface area contributed by atoms with Crippen LogP contribution in [0.2, 0.25) is 0 Å². The highest BCUT2D eigenvalue weighted by Crippen LogP contribution is 2.18. The fraction of sp³-hybridized carbons (Fsp3) is 0. The van der Waals surface area contributed by atoms with Crippen molar-refractivity contribution in [2.45, 2.75) is 0 Å². The lowest BCUT2D eigenvalue weighted by molar-refractivity contribution is 0.551. The summed E-state index contributed by atoms with van der Waals surface area (Å²) in [4.78, 5) is 4.27. The molecule has 0 spiro atoms. The fourth-order valence-electron chi connectivity index (χ4n) is 0.650. The van der Waals surface area contributed by atoms with Gasteiger partial charge in [0.15, 0.2) is 5.01 Å². The Morgan fingerprint density at radius 2 is 2.55 bits per heavy atom. The molecule has 0 bridgehead atoms. The Kier molecular flexibility index (Phi) is 1.55. The number of aromatic amines is 1. The molecule has 6 heteroatoms. The van der Waals surface area contributed by atoms with Gasteiger partial charge in [-0.25, -0.2) is 10.1 Å². The van der Waals surface area contributed by atoms with Gasteiger partial charge in [-0.05, 0) is 12.2 Å². The maximum absolute atomic E-state index is 5.02. The van der Waals surface area contributed by atoms with E-state index in [2.05, 4.69) is 15.2 Å². The molecule has 2 aromatic rings. The highest BCUT2D eigenvalue weighted by Gasteiger charge is 2.04. The molecule has 0 unspecified atom stereocenters. The van der Waals surface area contributed by atoms with Crippen molar-refractivity contribution in [3.8, 4) is 10.9 Å². The summed E-state index contributed by atoms with van der Waals surface area (Å²) in [5, 5.41) is 8.92. The van der Waals surface area contributed by atoms with Gasteiger partial charge in [-0.2, -0.15) is 0 Å².